The maximum Gasteiger partial charge on any atom is 0.408 e. The molecule has 0 bridgehead atoms. The number of ether oxygens (including phenoxy) is 1. The third-order valence-electron chi connectivity index (χ3n) is 3.31. The second-order valence-corrected chi connectivity index (χ2v) is 6.49. The standard InChI is InChI=1S/C15H30N2O2/c1-5-9-13(16-12-10-7-6-8-11-12)17-14(18)19-15(2,3)4/h12-13,16H,5-11H2,1-4H3,(H,17,18). The van der Waals surface area contributed by atoms with E-state index in [1.165, 1.54) is 32.1 Å². The highest BCUT2D eigenvalue weighted by atomic mass is 16.6. The van der Waals surface area contributed by atoms with E-state index >= 15 is 0 Å². The third-order valence-corrected chi connectivity index (χ3v) is 3.31. The van der Waals surface area contributed by atoms with Crippen LogP contribution in [-0.4, -0.2) is 23.9 Å². The molecule has 1 aliphatic carbocycles. The van der Waals surface area contributed by atoms with Crippen LogP contribution in [0.1, 0.15) is 72.6 Å². The first-order chi connectivity index (χ1) is 8.90. The van der Waals surface area contributed by atoms with E-state index in [4.69, 9.17) is 4.74 Å². The van der Waals surface area contributed by atoms with Crippen molar-refractivity contribution in [1.29, 1.82) is 0 Å². The van der Waals surface area contributed by atoms with Gasteiger partial charge in [0.05, 0.1) is 6.17 Å². The molecule has 4 nitrogen and oxygen atoms in total. The molecule has 1 aliphatic rings. The smallest absolute Gasteiger partial charge is 0.408 e. The van der Waals surface area contributed by atoms with Gasteiger partial charge in [0.25, 0.3) is 0 Å². The molecule has 2 N–H and O–H groups in total. The van der Waals surface area contributed by atoms with E-state index in [2.05, 4.69) is 17.6 Å². The lowest BCUT2D eigenvalue weighted by molar-refractivity contribution is 0.0485. The van der Waals surface area contributed by atoms with Crippen LogP contribution in [0.3, 0.4) is 0 Å². The summed E-state index contributed by atoms with van der Waals surface area (Å²) in [6.07, 6.45) is 8.06. The first kappa shape index (κ1) is 16.3. The average molecular weight is 270 g/mol. The molecule has 19 heavy (non-hydrogen) atoms. The summed E-state index contributed by atoms with van der Waals surface area (Å²) in [7, 11) is 0. The molecule has 1 saturated carbocycles. The summed E-state index contributed by atoms with van der Waals surface area (Å²) in [5.74, 6) is 0. The summed E-state index contributed by atoms with van der Waals surface area (Å²) in [5.41, 5.74) is -0.439. The van der Waals surface area contributed by atoms with Crippen molar-refractivity contribution in [2.24, 2.45) is 0 Å². The fraction of sp³-hybridized carbons (Fsp3) is 0.933. The Labute approximate surface area is 117 Å². The van der Waals surface area contributed by atoms with Gasteiger partial charge in [-0.25, -0.2) is 4.79 Å². The Kier molecular flexibility index (Phi) is 6.63. The van der Waals surface area contributed by atoms with E-state index in [0.717, 1.165) is 12.8 Å². The SMILES string of the molecule is CCCC(NC(=O)OC(C)(C)C)NC1CCCCC1. The van der Waals surface area contributed by atoms with Crippen molar-refractivity contribution in [3.05, 3.63) is 0 Å². The van der Waals surface area contributed by atoms with Gasteiger partial charge < -0.3 is 10.1 Å². The predicted octanol–water partition coefficient (Wildman–Crippen LogP) is 3.56. The Balaban J connectivity index is 2.40. The van der Waals surface area contributed by atoms with Crippen LogP contribution in [0.5, 0.6) is 0 Å². The summed E-state index contributed by atoms with van der Waals surface area (Å²) in [6.45, 7) is 7.79. The number of alkyl carbamates (subject to hydrolysis) is 1. The van der Waals surface area contributed by atoms with Gasteiger partial charge in [-0.2, -0.15) is 0 Å². The van der Waals surface area contributed by atoms with Crippen molar-refractivity contribution < 1.29 is 9.53 Å². The molecule has 0 radical (unpaired) electrons. The van der Waals surface area contributed by atoms with Gasteiger partial charge in [0.2, 0.25) is 0 Å². The quantitative estimate of drug-likeness (QED) is 0.751. The van der Waals surface area contributed by atoms with E-state index < -0.39 is 5.60 Å². The molecule has 0 aliphatic heterocycles. The Morgan fingerprint density at radius 3 is 2.42 bits per heavy atom. The minimum atomic E-state index is -0.439. The molecular weight excluding hydrogens is 240 g/mol. The molecule has 0 aromatic rings. The molecule has 0 aromatic carbocycles. The lowest BCUT2D eigenvalue weighted by atomic mass is 9.95. The van der Waals surface area contributed by atoms with Gasteiger partial charge in [0, 0.05) is 6.04 Å². The van der Waals surface area contributed by atoms with Crippen LogP contribution < -0.4 is 10.6 Å². The Morgan fingerprint density at radius 1 is 1.26 bits per heavy atom. The number of amides is 1. The van der Waals surface area contributed by atoms with Gasteiger partial charge in [-0.15, -0.1) is 0 Å². The van der Waals surface area contributed by atoms with Crippen molar-refractivity contribution in [2.75, 3.05) is 0 Å². The zero-order valence-corrected chi connectivity index (χ0v) is 12.9. The summed E-state index contributed by atoms with van der Waals surface area (Å²) in [6, 6.07) is 0.542. The number of carbonyl (C=O) groups excluding carboxylic acids is 1. The largest absolute Gasteiger partial charge is 0.444 e. The van der Waals surface area contributed by atoms with Crippen molar-refractivity contribution in [3.63, 3.8) is 0 Å². The van der Waals surface area contributed by atoms with Crippen LogP contribution in [0.4, 0.5) is 4.79 Å². The minimum Gasteiger partial charge on any atom is -0.444 e. The van der Waals surface area contributed by atoms with Crippen LogP contribution in [0.25, 0.3) is 0 Å². The van der Waals surface area contributed by atoms with Crippen LogP contribution in [0.15, 0.2) is 0 Å². The molecule has 1 amide bonds. The highest BCUT2D eigenvalue weighted by Gasteiger charge is 2.21. The highest BCUT2D eigenvalue weighted by molar-refractivity contribution is 5.68. The molecule has 1 unspecified atom stereocenters. The number of hydrogen-bond acceptors (Lipinski definition) is 3. The van der Waals surface area contributed by atoms with E-state index in [0.29, 0.717) is 6.04 Å². The monoisotopic (exact) mass is 270 g/mol. The maximum absolute atomic E-state index is 11.8. The van der Waals surface area contributed by atoms with Gasteiger partial charge in [0.15, 0.2) is 0 Å². The van der Waals surface area contributed by atoms with Gasteiger partial charge >= 0.3 is 6.09 Å². The van der Waals surface area contributed by atoms with Crippen LogP contribution in [0.2, 0.25) is 0 Å². The van der Waals surface area contributed by atoms with Crippen molar-refractivity contribution >= 4 is 6.09 Å². The first-order valence-electron chi connectivity index (χ1n) is 7.66. The van der Waals surface area contributed by atoms with E-state index in [9.17, 15) is 4.79 Å². The number of nitrogens with one attached hydrogen (secondary N) is 2. The van der Waals surface area contributed by atoms with E-state index in [1.807, 2.05) is 20.8 Å². The molecule has 1 fully saturated rings. The molecule has 1 rings (SSSR count). The molecule has 1 atom stereocenters. The van der Waals surface area contributed by atoms with Gasteiger partial charge in [-0.1, -0.05) is 32.6 Å². The van der Waals surface area contributed by atoms with Crippen LogP contribution >= 0.6 is 0 Å². The molecule has 112 valence electrons. The second kappa shape index (κ2) is 7.73. The van der Waals surface area contributed by atoms with E-state index in [-0.39, 0.29) is 12.3 Å². The average Bonchev–Trinajstić information content (AvgIpc) is 2.27. The van der Waals surface area contributed by atoms with Crippen molar-refractivity contribution in [3.8, 4) is 0 Å². The third kappa shape index (κ3) is 7.41. The summed E-state index contributed by atoms with van der Waals surface area (Å²) in [5, 5.41) is 6.51. The lowest BCUT2D eigenvalue weighted by Gasteiger charge is -2.29. The number of carbonyl (C=O) groups is 1. The Morgan fingerprint density at radius 2 is 1.89 bits per heavy atom. The van der Waals surface area contributed by atoms with Gasteiger partial charge in [-0.05, 0) is 40.0 Å². The maximum atomic E-state index is 11.8. The minimum absolute atomic E-state index is 0.0305. The highest BCUT2D eigenvalue weighted by Crippen LogP contribution is 2.18. The predicted molar refractivity (Wildman–Crippen MR) is 78.1 cm³/mol. The van der Waals surface area contributed by atoms with E-state index in [1.54, 1.807) is 0 Å². The van der Waals surface area contributed by atoms with Gasteiger partial charge in [0.1, 0.15) is 5.60 Å². The molecule has 0 aromatic heterocycles. The normalized spacial score (nSPS) is 18.9. The molecule has 0 spiro atoms. The number of rotatable bonds is 5. The van der Waals surface area contributed by atoms with Crippen molar-refractivity contribution in [1.82, 2.24) is 10.6 Å². The molecular formula is C15H30N2O2. The summed E-state index contributed by atoms with van der Waals surface area (Å²) < 4.78 is 5.31. The fourth-order valence-electron chi connectivity index (χ4n) is 2.49. The second-order valence-electron chi connectivity index (χ2n) is 6.49. The first-order valence-corrected chi connectivity index (χ1v) is 7.66. The molecule has 0 saturated heterocycles. The van der Waals surface area contributed by atoms with Gasteiger partial charge in [-0.3, -0.25) is 5.32 Å². The summed E-state index contributed by atoms with van der Waals surface area (Å²) >= 11 is 0. The van der Waals surface area contributed by atoms with Crippen LogP contribution in [-0.2, 0) is 4.74 Å². The molecule has 4 heteroatoms. The Hall–Kier alpha value is -0.770. The Bertz CT molecular complexity index is 268. The fourth-order valence-corrected chi connectivity index (χ4v) is 2.49. The molecule has 0 heterocycles. The van der Waals surface area contributed by atoms with Crippen LogP contribution in [0, 0.1) is 0 Å². The zero-order chi connectivity index (χ0) is 14.3. The number of hydrogen-bond donors (Lipinski definition) is 2. The summed E-state index contributed by atoms with van der Waals surface area (Å²) in [4.78, 5) is 11.8. The topological polar surface area (TPSA) is 50.4 Å². The lowest BCUT2D eigenvalue weighted by Crippen LogP contribution is -2.51. The zero-order valence-electron chi connectivity index (χ0n) is 12.9. The van der Waals surface area contributed by atoms with Crippen molar-refractivity contribution in [2.45, 2.75) is 90.4 Å².